The van der Waals surface area contributed by atoms with E-state index in [-0.39, 0.29) is 10.8 Å². The van der Waals surface area contributed by atoms with Crippen LogP contribution in [0.2, 0.25) is 0 Å². The topological polar surface area (TPSA) is 76.2 Å². The van der Waals surface area contributed by atoms with Crippen molar-refractivity contribution in [2.75, 3.05) is 39.5 Å². The summed E-state index contributed by atoms with van der Waals surface area (Å²) < 4.78 is 39.0. The third kappa shape index (κ3) is 3.97. The summed E-state index contributed by atoms with van der Waals surface area (Å²) in [6, 6.07) is 2.80. The smallest absolute Gasteiger partial charge is 0.244 e. The zero-order valence-electron chi connectivity index (χ0n) is 16.2. The summed E-state index contributed by atoms with van der Waals surface area (Å²) in [5.41, 5.74) is 1.41. The van der Waals surface area contributed by atoms with Crippen molar-refractivity contribution >= 4 is 15.9 Å². The third-order valence-corrected chi connectivity index (χ3v) is 7.22. The first-order chi connectivity index (χ1) is 12.9. The molecule has 1 atom stereocenters. The van der Waals surface area contributed by atoms with Crippen LogP contribution in [0.1, 0.15) is 30.9 Å². The average molecular weight is 397 g/mol. The van der Waals surface area contributed by atoms with Crippen LogP contribution in [0, 0.1) is 13.8 Å². The van der Waals surface area contributed by atoms with Crippen LogP contribution in [0.25, 0.3) is 0 Å². The van der Waals surface area contributed by atoms with Gasteiger partial charge < -0.3 is 14.4 Å². The molecule has 2 aliphatic heterocycles. The molecule has 0 bridgehead atoms. The van der Waals surface area contributed by atoms with E-state index in [0.717, 1.165) is 5.56 Å². The minimum atomic E-state index is -3.76. The molecule has 150 valence electrons. The number of ether oxygens (including phenoxy) is 2. The molecule has 1 amide bonds. The van der Waals surface area contributed by atoms with E-state index in [1.165, 1.54) is 4.31 Å². The molecule has 3 rings (SSSR count). The fourth-order valence-corrected chi connectivity index (χ4v) is 5.69. The molecule has 0 saturated carbocycles. The van der Waals surface area contributed by atoms with Crippen LogP contribution in [0.15, 0.2) is 17.0 Å². The maximum absolute atomic E-state index is 13.4. The van der Waals surface area contributed by atoms with E-state index >= 15 is 0 Å². The quantitative estimate of drug-likeness (QED) is 0.757. The molecule has 1 aromatic rings. The van der Waals surface area contributed by atoms with Crippen LogP contribution < -0.4 is 4.74 Å². The van der Waals surface area contributed by atoms with E-state index in [1.807, 2.05) is 13.8 Å². The van der Waals surface area contributed by atoms with E-state index < -0.39 is 16.1 Å². The Morgan fingerprint density at radius 2 is 1.89 bits per heavy atom. The molecular weight excluding hydrogens is 368 g/mol. The maximum atomic E-state index is 13.4. The Morgan fingerprint density at radius 3 is 2.56 bits per heavy atom. The maximum Gasteiger partial charge on any atom is 0.244 e. The lowest BCUT2D eigenvalue weighted by molar-refractivity contribution is -0.138. The van der Waals surface area contributed by atoms with Crippen LogP contribution in [0.4, 0.5) is 0 Å². The largest absolute Gasteiger partial charge is 0.494 e. The second kappa shape index (κ2) is 8.16. The Hall–Kier alpha value is -1.64. The minimum Gasteiger partial charge on any atom is -0.494 e. The van der Waals surface area contributed by atoms with E-state index in [9.17, 15) is 13.2 Å². The molecule has 7 nitrogen and oxygen atoms in total. The van der Waals surface area contributed by atoms with Crippen molar-refractivity contribution in [1.29, 1.82) is 0 Å². The van der Waals surface area contributed by atoms with Gasteiger partial charge in [-0.1, -0.05) is 0 Å². The normalized spacial score (nSPS) is 21.4. The summed E-state index contributed by atoms with van der Waals surface area (Å²) in [6.45, 7) is 8.43. The molecule has 0 aliphatic carbocycles. The number of benzene rings is 1. The molecular formula is C19H28N2O5S. The number of sulfonamides is 1. The molecule has 27 heavy (non-hydrogen) atoms. The highest BCUT2D eigenvalue weighted by atomic mass is 32.2. The molecule has 2 heterocycles. The van der Waals surface area contributed by atoms with Gasteiger partial charge in [0.2, 0.25) is 15.9 Å². The van der Waals surface area contributed by atoms with Gasteiger partial charge in [0, 0.05) is 19.6 Å². The van der Waals surface area contributed by atoms with Crippen molar-refractivity contribution in [3.63, 3.8) is 0 Å². The number of carbonyl (C=O) groups is 1. The summed E-state index contributed by atoms with van der Waals surface area (Å²) in [7, 11) is -3.76. The first-order valence-electron chi connectivity index (χ1n) is 9.48. The summed E-state index contributed by atoms with van der Waals surface area (Å²) in [5.74, 6) is 0.580. The monoisotopic (exact) mass is 396 g/mol. The second-order valence-electron chi connectivity index (χ2n) is 7.03. The van der Waals surface area contributed by atoms with Gasteiger partial charge in [0.05, 0.1) is 24.7 Å². The van der Waals surface area contributed by atoms with Gasteiger partial charge in [-0.2, -0.15) is 4.31 Å². The number of hydrogen-bond donors (Lipinski definition) is 0. The third-order valence-electron chi connectivity index (χ3n) is 5.17. The molecule has 0 aromatic heterocycles. The van der Waals surface area contributed by atoms with Gasteiger partial charge >= 0.3 is 0 Å². The van der Waals surface area contributed by atoms with Crippen LogP contribution in [0.3, 0.4) is 0 Å². The zero-order valence-corrected chi connectivity index (χ0v) is 17.0. The number of morpholine rings is 1. The van der Waals surface area contributed by atoms with Gasteiger partial charge in [-0.15, -0.1) is 0 Å². The summed E-state index contributed by atoms with van der Waals surface area (Å²) >= 11 is 0. The second-order valence-corrected chi connectivity index (χ2v) is 8.89. The summed E-state index contributed by atoms with van der Waals surface area (Å²) in [5, 5.41) is 0. The highest BCUT2D eigenvalue weighted by Gasteiger charge is 2.42. The van der Waals surface area contributed by atoms with Crippen molar-refractivity contribution < 1.29 is 22.7 Å². The average Bonchev–Trinajstić information content (AvgIpc) is 3.15. The van der Waals surface area contributed by atoms with Gasteiger partial charge in [-0.05, 0) is 56.9 Å². The molecule has 2 saturated heterocycles. The molecule has 2 fully saturated rings. The highest BCUT2D eigenvalue weighted by Crippen LogP contribution is 2.32. The zero-order chi connectivity index (χ0) is 19.6. The molecule has 0 unspecified atom stereocenters. The van der Waals surface area contributed by atoms with Gasteiger partial charge in [-0.25, -0.2) is 8.42 Å². The van der Waals surface area contributed by atoms with Crippen molar-refractivity contribution in [2.24, 2.45) is 0 Å². The molecule has 2 aliphatic rings. The Kier molecular flexibility index (Phi) is 6.08. The van der Waals surface area contributed by atoms with Crippen LogP contribution >= 0.6 is 0 Å². The fraction of sp³-hybridized carbons (Fsp3) is 0.632. The number of carbonyl (C=O) groups excluding carboxylic acids is 1. The number of hydrogen-bond acceptors (Lipinski definition) is 5. The number of amides is 1. The van der Waals surface area contributed by atoms with Gasteiger partial charge in [-0.3, -0.25) is 4.79 Å². The lowest BCUT2D eigenvalue weighted by Gasteiger charge is -2.32. The van der Waals surface area contributed by atoms with E-state index in [1.54, 1.807) is 24.0 Å². The SMILES string of the molecule is CCOc1cc(C)c(S(=O)(=O)N2CCC[C@H]2C(=O)N2CCOCC2)cc1C. The molecule has 0 radical (unpaired) electrons. The molecule has 1 aromatic carbocycles. The van der Waals surface area contributed by atoms with E-state index in [2.05, 4.69) is 0 Å². The van der Waals surface area contributed by atoms with Crippen molar-refractivity contribution in [3.8, 4) is 5.75 Å². The predicted octanol–water partition coefficient (Wildman–Crippen LogP) is 1.71. The minimum absolute atomic E-state index is 0.111. The van der Waals surface area contributed by atoms with Crippen molar-refractivity contribution in [2.45, 2.75) is 44.6 Å². The molecule has 8 heteroatoms. The summed E-state index contributed by atoms with van der Waals surface area (Å²) in [4.78, 5) is 14.9. The summed E-state index contributed by atoms with van der Waals surface area (Å²) in [6.07, 6.45) is 1.25. The van der Waals surface area contributed by atoms with Crippen LogP contribution in [-0.2, 0) is 19.6 Å². The van der Waals surface area contributed by atoms with Crippen LogP contribution in [0.5, 0.6) is 5.75 Å². The van der Waals surface area contributed by atoms with Crippen LogP contribution in [-0.4, -0.2) is 69.0 Å². The standard InChI is InChI=1S/C19H28N2O5S/c1-4-26-17-12-15(3)18(13-14(17)2)27(23,24)21-7-5-6-16(21)19(22)20-8-10-25-11-9-20/h12-13,16H,4-11H2,1-3H3/t16-/m0/s1. The highest BCUT2D eigenvalue weighted by molar-refractivity contribution is 7.89. The van der Waals surface area contributed by atoms with E-state index in [4.69, 9.17) is 9.47 Å². The van der Waals surface area contributed by atoms with Crippen molar-refractivity contribution in [1.82, 2.24) is 9.21 Å². The fourth-order valence-electron chi connectivity index (χ4n) is 3.75. The molecule has 0 spiro atoms. The number of rotatable bonds is 5. The van der Waals surface area contributed by atoms with Crippen molar-refractivity contribution in [3.05, 3.63) is 23.3 Å². The van der Waals surface area contributed by atoms with E-state index in [0.29, 0.717) is 63.6 Å². The molecule has 0 N–H and O–H groups in total. The first-order valence-corrected chi connectivity index (χ1v) is 10.9. The number of nitrogens with zero attached hydrogens (tertiary/aromatic N) is 2. The Labute approximate surface area is 161 Å². The van der Waals surface area contributed by atoms with Gasteiger partial charge in [0.15, 0.2) is 0 Å². The van der Waals surface area contributed by atoms with Gasteiger partial charge in [0.25, 0.3) is 0 Å². The predicted molar refractivity (Wildman–Crippen MR) is 101 cm³/mol. The Bertz CT molecular complexity index is 803. The lowest BCUT2D eigenvalue weighted by Crippen LogP contribution is -2.51. The van der Waals surface area contributed by atoms with Gasteiger partial charge in [0.1, 0.15) is 11.8 Å². The first kappa shape index (κ1) is 20.1. The number of aryl methyl sites for hydroxylation is 2. The Morgan fingerprint density at radius 1 is 1.19 bits per heavy atom. The Balaban J connectivity index is 1.89. The lowest BCUT2D eigenvalue weighted by atomic mass is 10.1.